The molecule has 1 fully saturated rings. The number of amides is 2. The van der Waals surface area contributed by atoms with E-state index in [1.165, 1.54) is 27.8 Å². The summed E-state index contributed by atoms with van der Waals surface area (Å²) < 4.78 is 26.9. The monoisotopic (exact) mass is 393 g/mol. The van der Waals surface area contributed by atoms with Crippen LogP contribution in [-0.2, 0) is 14.8 Å². The molecule has 2 aromatic rings. The van der Waals surface area contributed by atoms with E-state index in [0.29, 0.717) is 17.7 Å². The normalized spacial score (nSPS) is 17.8. The minimum absolute atomic E-state index is 0.158. The van der Waals surface area contributed by atoms with E-state index in [1.807, 2.05) is 6.92 Å². The molecule has 3 rings (SSSR count). The third kappa shape index (κ3) is 3.79. The van der Waals surface area contributed by atoms with Crippen molar-refractivity contribution in [3.8, 4) is 0 Å². The van der Waals surface area contributed by atoms with Gasteiger partial charge < -0.3 is 0 Å². The first-order chi connectivity index (χ1) is 12.4. The summed E-state index contributed by atoms with van der Waals surface area (Å²) in [6.07, 6.45) is 0.994. The predicted octanol–water partition coefficient (Wildman–Crippen LogP) is 1.67. The molecule has 0 bridgehead atoms. The second kappa shape index (κ2) is 7.56. The molecule has 1 aliphatic rings. The van der Waals surface area contributed by atoms with Crippen LogP contribution in [0.15, 0.2) is 46.7 Å². The fourth-order valence-electron chi connectivity index (χ4n) is 2.81. The average Bonchev–Trinajstić information content (AvgIpc) is 3.31. The largest absolute Gasteiger partial charge is 0.279 e. The molecule has 0 aliphatic carbocycles. The number of hydrazine groups is 1. The summed E-state index contributed by atoms with van der Waals surface area (Å²) in [5, 5.41) is 1.75. The summed E-state index contributed by atoms with van der Waals surface area (Å²) in [6.45, 7) is 2.14. The van der Waals surface area contributed by atoms with E-state index in [2.05, 4.69) is 10.9 Å². The van der Waals surface area contributed by atoms with Crippen LogP contribution >= 0.6 is 11.3 Å². The van der Waals surface area contributed by atoms with Crippen LogP contribution in [0.1, 0.15) is 28.1 Å². The Bertz CT molecular complexity index is 893. The van der Waals surface area contributed by atoms with Crippen LogP contribution in [0.25, 0.3) is 0 Å². The smallest absolute Gasteiger partial charge is 0.271 e. The van der Waals surface area contributed by atoms with Gasteiger partial charge in [-0.15, -0.1) is 11.3 Å². The van der Waals surface area contributed by atoms with Gasteiger partial charge in [-0.1, -0.05) is 23.8 Å². The van der Waals surface area contributed by atoms with Crippen LogP contribution in [0.5, 0.6) is 0 Å². The van der Waals surface area contributed by atoms with Crippen molar-refractivity contribution in [1.29, 1.82) is 0 Å². The van der Waals surface area contributed by atoms with Crippen LogP contribution in [0.4, 0.5) is 0 Å². The number of carbonyl (C=O) groups excluding carboxylic acids is 2. The number of hydrogen-bond donors (Lipinski definition) is 2. The Morgan fingerprint density at radius 3 is 2.54 bits per heavy atom. The maximum Gasteiger partial charge on any atom is 0.279 e. The van der Waals surface area contributed by atoms with Crippen molar-refractivity contribution in [3.63, 3.8) is 0 Å². The van der Waals surface area contributed by atoms with E-state index in [4.69, 9.17) is 0 Å². The minimum Gasteiger partial charge on any atom is -0.271 e. The first-order valence-electron chi connectivity index (χ1n) is 8.12. The van der Waals surface area contributed by atoms with Gasteiger partial charge in [-0.25, -0.2) is 8.42 Å². The number of nitrogens with one attached hydrogen (secondary N) is 2. The fourth-order valence-corrected chi connectivity index (χ4v) is 5.08. The van der Waals surface area contributed by atoms with E-state index < -0.39 is 27.9 Å². The van der Waals surface area contributed by atoms with Crippen molar-refractivity contribution >= 4 is 33.2 Å². The Morgan fingerprint density at radius 2 is 1.88 bits per heavy atom. The molecular weight excluding hydrogens is 374 g/mol. The van der Waals surface area contributed by atoms with Gasteiger partial charge in [0, 0.05) is 6.54 Å². The van der Waals surface area contributed by atoms with Gasteiger partial charge in [0.2, 0.25) is 10.0 Å². The number of benzene rings is 1. The van der Waals surface area contributed by atoms with Gasteiger partial charge >= 0.3 is 0 Å². The number of carbonyl (C=O) groups is 2. The summed E-state index contributed by atoms with van der Waals surface area (Å²) >= 11 is 1.25. The quantitative estimate of drug-likeness (QED) is 0.773. The van der Waals surface area contributed by atoms with Crippen molar-refractivity contribution in [3.05, 3.63) is 52.2 Å². The van der Waals surface area contributed by atoms with E-state index in [1.54, 1.807) is 29.6 Å². The van der Waals surface area contributed by atoms with Gasteiger partial charge in [-0.3, -0.25) is 20.4 Å². The summed E-state index contributed by atoms with van der Waals surface area (Å²) in [6, 6.07) is 9.04. The number of thiophene rings is 1. The number of nitrogens with zero attached hydrogens (tertiary/aromatic N) is 1. The molecule has 9 heteroatoms. The standard InChI is InChI=1S/C17H19N3O4S2/c1-12-6-8-13(9-7-12)26(23,24)20-10-2-4-14(20)16(21)18-19-17(22)15-5-3-11-25-15/h3,5-9,11,14H,2,4,10H2,1H3,(H,18,21)(H,19,22)/t14-/m1/s1. The van der Waals surface area contributed by atoms with Crippen molar-refractivity contribution in [2.24, 2.45) is 0 Å². The molecule has 0 spiro atoms. The zero-order valence-electron chi connectivity index (χ0n) is 14.1. The van der Waals surface area contributed by atoms with E-state index in [0.717, 1.165) is 5.56 Å². The number of hydrogen-bond acceptors (Lipinski definition) is 5. The molecule has 1 aromatic heterocycles. The molecule has 0 unspecified atom stereocenters. The van der Waals surface area contributed by atoms with Gasteiger partial charge in [0.05, 0.1) is 9.77 Å². The topological polar surface area (TPSA) is 95.6 Å². The van der Waals surface area contributed by atoms with Gasteiger partial charge in [-0.2, -0.15) is 4.31 Å². The average molecular weight is 393 g/mol. The third-order valence-corrected chi connectivity index (χ3v) is 6.97. The molecule has 1 saturated heterocycles. The maximum absolute atomic E-state index is 12.8. The Kier molecular flexibility index (Phi) is 5.40. The fraction of sp³-hybridized carbons (Fsp3) is 0.294. The number of rotatable bonds is 4. The first kappa shape index (κ1) is 18.6. The Balaban J connectivity index is 1.70. The Labute approximate surface area is 156 Å². The molecule has 1 atom stereocenters. The van der Waals surface area contributed by atoms with Gasteiger partial charge in [0.1, 0.15) is 6.04 Å². The molecule has 1 aliphatic heterocycles. The van der Waals surface area contributed by atoms with Gasteiger partial charge in [-0.05, 0) is 43.3 Å². The second-order valence-corrected chi connectivity index (χ2v) is 8.85. The highest BCUT2D eigenvalue weighted by Crippen LogP contribution is 2.26. The Hall–Kier alpha value is -2.23. The highest BCUT2D eigenvalue weighted by Gasteiger charge is 2.39. The van der Waals surface area contributed by atoms with Crippen LogP contribution < -0.4 is 10.9 Å². The van der Waals surface area contributed by atoms with Crippen molar-refractivity contribution < 1.29 is 18.0 Å². The highest BCUT2D eigenvalue weighted by molar-refractivity contribution is 7.89. The summed E-state index contributed by atoms with van der Waals surface area (Å²) in [5.74, 6) is -0.970. The molecule has 0 saturated carbocycles. The van der Waals surface area contributed by atoms with Crippen LogP contribution in [-0.4, -0.2) is 37.1 Å². The Morgan fingerprint density at radius 1 is 1.15 bits per heavy atom. The second-order valence-electron chi connectivity index (χ2n) is 6.01. The number of sulfonamides is 1. The molecule has 7 nitrogen and oxygen atoms in total. The number of aryl methyl sites for hydroxylation is 1. The summed E-state index contributed by atoms with van der Waals surface area (Å²) in [4.78, 5) is 25.0. The SMILES string of the molecule is Cc1ccc(S(=O)(=O)N2CCC[C@@H]2C(=O)NNC(=O)c2cccs2)cc1. The molecule has 2 amide bonds. The first-order valence-corrected chi connectivity index (χ1v) is 10.4. The van der Waals surface area contributed by atoms with Gasteiger partial charge in [0.25, 0.3) is 11.8 Å². The maximum atomic E-state index is 12.8. The predicted molar refractivity (Wildman–Crippen MR) is 98.0 cm³/mol. The van der Waals surface area contributed by atoms with Crippen molar-refractivity contribution in [2.45, 2.75) is 30.7 Å². The van der Waals surface area contributed by atoms with E-state index in [9.17, 15) is 18.0 Å². The van der Waals surface area contributed by atoms with Crippen molar-refractivity contribution in [2.75, 3.05) is 6.54 Å². The summed E-state index contributed by atoms with van der Waals surface area (Å²) in [5.41, 5.74) is 5.62. The molecule has 138 valence electrons. The van der Waals surface area contributed by atoms with E-state index in [-0.39, 0.29) is 11.4 Å². The lowest BCUT2D eigenvalue weighted by Crippen LogP contribution is -2.51. The zero-order valence-corrected chi connectivity index (χ0v) is 15.8. The molecule has 2 heterocycles. The molecule has 1 aromatic carbocycles. The van der Waals surface area contributed by atoms with Crippen molar-refractivity contribution in [1.82, 2.24) is 15.2 Å². The third-order valence-electron chi connectivity index (χ3n) is 4.18. The van der Waals surface area contributed by atoms with Crippen LogP contribution in [0.2, 0.25) is 0 Å². The van der Waals surface area contributed by atoms with Crippen LogP contribution in [0.3, 0.4) is 0 Å². The lowest BCUT2D eigenvalue weighted by Gasteiger charge is -2.23. The lowest BCUT2D eigenvalue weighted by atomic mass is 10.2. The molecular formula is C17H19N3O4S2. The van der Waals surface area contributed by atoms with Gasteiger partial charge in [0.15, 0.2) is 0 Å². The molecule has 26 heavy (non-hydrogen) atoms. The molecule has 0 radical (unpaired) electrons. The van der Waals surface area contributed by atoms with E-state index >= 15 is 0 Å². The summed E-state index contributed by atoms with van der Waals surface area (Å²) in [7, 11) is -3.77. The lowest BCUT2D eigenvalue weighted by molar-refractivity contribution is -0.125. The van der Waals surface area contributed by atoms with Crippen LogP contribution in [0, 0.1) is 6.92 Å². The zero-order chi connectivity index (χ0) is 18.7. The molecule has 2 N–H and O–H groups in total. The minimum atomic E-state index is -3.77. The highest BCUT2D eigenvalue weighted by atomic mass is 32.2.